The predicted molar refractivity (Wildman–Crippen MR) is 68.2 cm³/mol. The van der Waals surface area contributed by atoms with Crippen LogP contribution < -0.4 is 0 Å². The molecule has 8 nitrogen and oxygen atoms in total. The van der Waals surface area contributed by atoms with Gasteiger partial charge in [-0.1, -0.05) is 0 Å². The summed E-state index contributed by atoms with van der Waals surface area (Å²) < 4.78 is 11.6. The smallest absolute Gasteiger partial charge is 0.418 e. The molecule has 9 heteroatoms. The lowest BCUT2D eigenvalue weighted by molar-refractivity contribution is -0.145. The summed E-state index contributed by atoms with van der Waals surface area (Å²) in [5.74, 6) is -1.09. The maximum absolute atomic E-state index is 11.3. The molecule has 110 valence electrons. The zero-order valence-corrected chi connectivity index (χ0v) is 11.9. The van der Waals surface area contributed by atoms with Crippen LogP contribution in [0.1, 0.15) is 13.8 Å². The molecule has 0 unspecified atom stereocenters. The van der Waals surface area contributed by atoms with E-state index in [1.807, 2.05) is 0 Å². The second-order valence-electron chi connectivity index (χ2n) is 3.27. The van der Waals surface area contributed by atoms with Crippen molar-refractivity contribution in [3.05, 3.63) is 0 Å². The van der Waals surface area contributed by atoms with E-state index in [-0.39, 0.29) is 26.3 Å². The fourth-order valence-corrected chi connectivity index (χ4v) is 1.77. The van der Waals surface area contributed by atoms with Gasteiger partial charge in [-0.3, -0.25) is 9.59 Å². The number of ether oxygens (including phenoxy) is 2. The van der Waals surface area contributed by atoms with Crippen molar-refractivity contribution in [2.24, 2.45) is 0 Å². The topological polar surface area (TPSA) is 96.4 Å². The quantitative estimate of drug-likeness (QED) is 0.513. The maximum atomic E-state index is 11.3. The maximum Gasteiger partial charge on any atom is 0.418 e. The monoisotopic (exact) mass is 294 g/mol. The van der Waals surface area contributed by atoms with Gasteiger partial charge in [-0.2, -0.15) is 0 Å². The Morgan fingerprint density at radius 3 is 1.79 bits per heavy atom. The van der Waals surface area contributed by atoms with Gasteiger partial charge < -0.3 is 14.6 Å². The predicted octanol–water partition coefficient (Wildman–Crippen LogP) is 0.588. The molecule has 0 saturated heterocycles. The minimum atomic E-state index is -1.19. The van der Waals surface area contributed by atoms with E-state index in [0.717, 1.165) is 16.4 Å². The van der Waals surface area contributed by atoms with Crippen molar-refractivity contribution in [2.45, 2.75) is 13.8 Å². The van der Waals surface area contributed by atoms with Crippen molar-refractivity contribution in [2.75, 3.05) is 33.4 Å². The second-order valence-corrected chi connectivity index (χ2v) is 4.50. The summed E-state index contributed by atoms with van der Waals surface area (Å²) in [6.07, 6.45) is -1.19. The van der Waals surface area contributed by atoms with E-state index in [1.165, 1.54) is 11.4 Å². The van der Waals surface area contributed by atoms with Gasteiger partial charge >= 0.3 is 18.0 Å². The standard InChI is InChI=1S/C10H18N2O6S/c1-4-17-8(13)6-12(7-9(14)18-5-2)19-11(3)10(15)16/h4-7H2,1-3H3,(H,15,16). The molecule has 1 amide bonds. The Morgan fingerprint density at radius 1 is 1.05 bits per heavy atom. The molecule has 0 atom stereocenters. The van der Waals surface area contributed by atoms with E-state index < -0.39 is 18.0 Å². The van der Waals surface area contributed by atoms with Gasteiger partial charge in [-0.15, -0.1) is 0 Å². The molecule has 0 aromatic carbocycles. The van der Waals surface area contributed by atoms with Gasteiger partial charge in [0.1, 0.15) is 13.1 Å². The molecule has 0 aliphatic carbocycles. The highest BCUT2D eigenvalue weighted by atomic mass is 32.2. The number of rotatable bonds is 8. The first-order chi connectivity index (χ1) is 8.90. The van der Waals surface area contributed by atoms with Gasteiger partial charge in [0.05, 0.1) is 13.2 Å². The van der Waals surface area contributed by atoms with Crippen LogP contribution >= 0.6 is 12.1 Å². The Kier molecular flexibility index (Phi) is 8.71. The Bertz CT molecular complexity index is 305. The summed E-state index contributed by atoms with van der Waals surface area (Å²) >= 11 is 0.727. The number of carbonyl (C=O) groups is 3. The summed E-state index contributed by atoms with van der Waals surface area (Å²) in [6.45, 7) is 3.31. The third-order valence-electron chi connectivity index (χ3n) is 1.73. The van der Waals surface area contributed by atoms with Crippen molar-refractivity contribution < 1.29 is 29.0 Å². The Hall–Kier alpha value is -1.48. The van der Waals surface area contributed by atoms with Gasteiger partial charge in [-0.05, 0) is 13.8 Å². The molecule has 19 heavy (non-hydrogen) atoms. The summed E-state index contributed by atoms with van der Waals surface area (Å²) in [5, 5.41) is 8.75. The molecule has 0 aliphatic heterocycles. The zero-order valence-electron chi connectivity index (χ0n) is 11.1. The lowest BCUT2D eigenvalue weighted by Crippen LogP contribution is -2.35. The van der Waals surface area contributed by atoms with Gasteiger partial charge in [0.2, 0.25) is 0 Å². The molecule has 0 radical (unpaired) electrons. The lowest BCUT2D eigenvalue weighted by atomic mass is 10.5. The molecule has 0 bridgehead atoms. The molecule has 0 heterocycles. The van der Waals surface area contributed by atoms with Gasteiger partial charge in [-0.25, -0.2) is 13.4 Å². The Morgan fingerprint density at radius 2 is 1.47 bits per heavy atom. The number of hydrogen-bond donors (Lipinski definition) is 1. The molecule has 0 aromatic rings. The van der Waals surface area contributed by atoms with Crippen LogP contribution in [0.5, 0.6) is 0 Å². The minimum Gasteiger partial charge on any atom is -0.465 e. The molecular weight excluding hydrogens is 276 g/mol. The average Bonchev–Trinajstić information content (AvgIpc) is 2.28. The fourth-order valence-electron chi connectivity index (χ4n) is 1.02. The SMILES string of the molecule is CCOC(=O)CN(CC(=O)OCC)SN(C)C(=O)O. The third kappa shape index (κ3) is 8.27. The van der Waals surface area contributed by atoms with Crippen LogP contribution in [0.25, 0.3) is 0 Å². The van der Waals surface area contributed by atoms with Gasteiger partial charge in [0.15, 0.2) is 0 Å². The first-order valence-corrected chi connectivity index (χ1v) is 6.34. The third-order valence-corrected chi connectivity index (χ3v) is 2.62. The number of carboxylic acid groups (broad SMARTS) is 1. The summed E-state index contributed by atoms with van der Waals surface area (Å²) in [6, 6.07) is 0. The summed E-state index contributed by atoms with van der Waals surface area (Å²) in [4.78, 5) is 33.4. The molecule has 1 N–H and O–H groups in total. The van der Waals surface area contributed by atoms with E-state index in [2.05, 4.69) is 0 Å². The van der Waals surface area contributed by atoms with Gasteiger partial charge in [0.25, 0.3) is 0 Å². The van der Waals surface area contributed by atoms with Crippen molar-refractivity contribution in [3.63, 3.8) is 0 Å². The van der Waals surface area contributed by atoms with Crippen LogP contribution in [0.2, 0.25) is 0 Å². The van der Waals surface area contributed by atoms with Crippen molar-refractivity contribution in [1.29, 1.82) is 0 Å². The number of amides is 1. The summed E-state index contributed by atoms with van der Waals surface area (Å²) in [5.41, 5.74) is 0. The van der Waals surface area contributed by atoms with Crippen molar-refractivity contribution in [3.8, 4) is 0 Å². The molecule has 0 fully saturated rings. The van der Waals surface area contributed by atoms with E-state index in [0.29, 0.717) is 0 Å². The van der Waals surface area contributed by atoms with Gasteiger partial charge in [0, 0.05) is 19.2 Å². The minimum absolute atomic E-state index is 0.213. The first kappa shape index (κ1) is 17.5. The molecule has 0 spiro atoms. The zero-order chi connectivity index (χ0) is 14.8. The highest BCUT2D eigenvalue weighted by molar-refractivity contribution is 7.95. The number of hydrogen-bond acceptors (Lipinski definition) is 7. The number of esters is 2. The normalized spacial score (nSPS) is 10.1. The van der Waals surface area contributed by atoms with Crippen LogP contribution in [-0.2, 0) is 19.1 Å². The van der Waals surface area contributed by atoms with Crippen LogP contribution in [-0.4, -0.2) is 65.1 Å². The van der Waals surface area contributed by atoms with Crippen LogP contribution in [0, 0.1) is 0 Å². The molecule has 0 aromatic heterocycles. The average molecular weight is 294 g/mol. The highest BCUT2D eigenvalue weighted by Crippen LogP contribution is 2.14. The van der Waals surface area contributed by atoms with Crippen LogP contribution in [0.4, 0.5) is 4.79 Å². The lowest BCUT2D eigenvalue weighted by Gasteiger charge is -2.22. The van der Waals surface area contributed by atoms with Crippen molar-refractivity contribution in [1.82, 2.24) is 8.61 Å². The molecular formula is C10H18N2O6S. The number of nitrogens with zero attached hydrogens (tertiary/aromatic N) is 2. The van der Waals surface area contributed by atoms with E-state index in [4.69, 9.17) is 14.6 Å². The fraction of sp³-hybridized carbons (Fsp3) is 0.700. The van der Waals surface area contributed by atoms with E-state index in [1.54, 1.807) is 13.8 Å². The molecule has 0 rings (SSSR count). The van der Waals surface area contributed by atoms with E-state index in [9.17, 15) is 14.4 Å². The molecule has 0 saturated carbocycles. The highest BCUT2D eigenvalue weighted by Gasteiger charge is 2.20. The van der Waals surface area contributed by atoms with Crippen LogP contribution in [0.15, 0.2) is 0 Å². The van der Waals surface area contributed by atoms with Crippen LogP contribution in [0.3, 0.4) is 0 Å². The Labute approximate surface area is 115 Å². The largest absolute Gasteiger partial charge is 0.465 e. The number of carbonyl (C=O) groups excluding carboxylic acids is 2. The summed E-state index contributed by atoms with van der Waals surface area (Å²) in [7, 11) is 1.30. The van der Waals surface area contributed by atoms with E-state index >= 15 is 0 Å². The molecule has 0 aliphatic rings. The Balaban J connectivity index is 4.49. The first-order valence-electron chi connectivity index (χ1n) is 5.61. The van der Waals surface area contributed by atoms with Crippen molar-refractivity contribution >= 4 is 30.2 Å². The second kappa shape index (κ2) is 9.45.